The number of hydrogen-bond acceptors (Lipinski definition) is 5. The van der Waals surface area contributed by atoms with Crippen molar-refractivity contribution in [3.05, 3.63) is 53.3 Å². The maximum atomic E-state index is 6.25. The standard InChI is InChI=1S/C21H28ClN5.2ClH/c22-18-4-1-3-17(15-18)21(16-23)7-5-19(6-8-21)26-11-13-27(14-12-26)20-24-9-2-10-25-20;;/h1-4,9-10,15,19H,5-8,11-14,16,23H2;2*1H. The molecule has 1 saturated heterocycles. The normalized spacial score (nSPS) is 25.0. The Bertz CT molecular complexity index is 745. The molecule has 160 valence electrons. The monoisotopic (exact) mass is 457 g/mol. The van der Waals surface area contributed by atoms with E-state index in [-0.39, 0.29) is 30.2 Å². The number of aromatic nitrogens is 2. The van der Waals surface area contributed by atoms with Crippen LogP contribution in [0.2, 0.25) is 5.02 Å². The third-order valence-electron chi connectivity index (χ3n) is 6.41. The van der Waals surface area contributed by atoms with Gasteiger partial charge in [-0.2, -0.15) is 0 Å². The average molecular weight is 459 g/mol. The Balaban J connectivity index is 0.00000150. The number of halogens is 3. The fraction of sp³-hybridized carbons (Fsp3) is 0.524. The zero-order chi connectivity index (χ0) is 18.7. The van der Waals surface area contributed by atoms with Crippen LogP contribution in [0.15, 0.2) is 42.7 Å². The first-order valence-corrected chi connectivity index (χ1v) is 10.3. The third kappa shape index (κ3) is 5.33. The summed E-state index contributed by atoms with van der Waals surface area (Å²) in [4.78, 5) is 13.7. The van der Waals surface area contributed by atoms with Gasteiger partial charge in [0.05, 0.1) is 0 Å². The quantitative estimate of drug-likeness (QED) is 0.752. The van der Waals surface area contributed by atoms with E-state index < -0.39 is 0 Å². The van der Waals surface area contributed by atoms with E-state index in [1.807, 2.05) is 30.6 Å². The first-order valence-electron chi connectivity index (χ1n) is 9.92. The number of piperazine rings is 1. The molecular weight excluding hydrogens is 429 g/mol. The molecule has 2 heterocycles. The molecule has 2 aliphatic rings. The number of benzene rings is 1. The zero-order valence-corrected chi connectivity index (χ0v) is 18.9. The van der Waals surface area contributed by atoms with Crippen LogP contribution in [0.3, 0.4) is 0 Å². The highest BCUT2D eigenvalue weighted by Gasteiger charge is 2.38. The van der Waals surface area contributed by atoms with Crippen molar-refractivity contribution in [2.75, 3.05) is 37.6 Å². The number of anilines is 1. The molecule has 1 aliphatic heterocycles. The van der Waals surface area contributed by atoms with Gasteiger partial charge >= 0.3 is 0 Å². The van der Waals surface area contributed by atoms with E-state index in [0.29, 0.717) is 12.6 Å². The second-order valence-corrected chi connectivity index (χ2v) is 8.23. The van der Waals surface area contributed by atoms with Gasteiger partial charge in [-0.15, -0.1) is 24.8 Å². The van der Waals surface area contributed by atoms with E-state index in [9.17, 15) is 0 Å². The lowest BCUT2D eigenvalue weighted by Crippen LogP contribution is -2.53. The summed E-state index contributed by atoms with van der Waals surface area (Å²) in [7, 11) is 0. The molecule has 0 atom stereocenters. The zero-order valence-electron chi connectivity index (χ0n) is 16.5. The van der Waals surface area contributed by atoms with E-state index in [2.05, 4.69) is 31.9 Å². The van der Waals surface area contributed by atoms with E-state index in [4.69, 9.17) is 17.3 Å². The van der Waals surface area contributed by atoms with Gasteiger partial charge in [0.2, 0.25) is 5.95 Å². The van der Waals surface area contributed by atoms with Crippen molar-refractivity contribution < 1.29 is 0 Å². The van der Waals surface area contributed by atoms with E-state index >= 15 is 0 Å². The molecular formula is C21H30Cl3N5. The van der Waals surface area contributed by atoms with Gasteiger partial charge in [-0.25, -0.2) is 9.97 Å². The SMILES string of the molecule is Cl.Cl.NCC1(c2cccc(Cl)c2)CCC(N2CCN(c3ncccn3)CC2)CC1. The van der Waals surface area contributed by atoms with Crippen molar-refractivity contribution in [2.45, 2.75) is 37.1 Å². The van der Waals surface area contributed by atoms with Crippen LogP contribution < -0.4 is 10.6 Å². The van der Waals surface area contributed by atoms with Crippen molar-refractivity contribution in [1.82, 2.24) is 14.9 Å². The fourth-order valence-corrected chi connectivity index (χ4v) is 4.88. The lowest BCUT2D eigenvalue weighted by molar-refractivity contribution is 0.118. The van der Waals surface area contributed by atoms with E-state index in [0.717, 1.165) is 50.0 Å². The molecule has 1 aliphatic carbocycles. The Labute approximate surface area is 190 Å². The lowest BCUT2D eigenvalue weighted by Gasteiger charge is -2.46. The minimum atomic E-state index is 0. The van der Waals surface area contributed by atoms with Crippen molar-refractivity contribution in [2.24, 2.45) is 5.73 Å². The molecule has 5 nitrogen and oxygen atoms in total. The van der Waals surface area contributed by atoms with Crippen LogP contribution in [0.5, 0.6) is 0 Å². The highest BCUT2D eigenvalue weighted by molar-refractivity contribution is 6.30. The summed E-state index contributed by atoms with van der Waals surface area (Å²) < 4.78 is 0. The number of nitrogens with two attached hydrogens (primary N) is 1. The van der Waals surface area contributed by atoms with Gasteiger partial charge in [0.1, 0.15) is 0 Å². The molecule has 1 aromatic heterocycles. The summed E-state index contributed by atoms with van der Waals surface area (Å²) in [6, 6.07) is 10.8. The van der Waals surface area contributed by atoms with Gasteiger partial charge in [-0.1, -0.05) is 23.7 Å². The summed E-state index contributed by atoms with van der Waals surface area (Å²) in [5.74, 6) is 0.851. The number of rotatable bonds is 4. The predicted molar refractivity (Wildman–Crippen MR) is 125 cm³/mol. The molecule has 0 amide bonds. The van der Waals surface area contributed by atoms with Crippen molar-refractivity contribution in [3.8, 4) is 0 Å². The second-order valence-electron chi connectivity index (χ2n) is 7.80. The van der Waals surface area contributed by atoms with E-state index in [1.165, 1.54) is 18.4 Å². The first-order chi connectivity index (χ1) is 13.2. The largest absolute Gasteiger partial charge is 0.338 e. The summed E-state index contributed by atoms with van der Waals surface area (Å²) in [6.07, 6.45) is 8.31. The van der Waals surface area contributed by atoms with Crippen LogP contribution in [-0.2, 0) is 5.41 Å². The molecule has 1 saturated carbocycles. The molecule has 0 unspecified atom stereocenters. The number of hydrogen-bond donors (Lipinski definition) is 1. The average Bonchev–Trinajstić information content (AvgIpc) is 2.75. The molecule has 0 radical (unpaired) electrons. The smallest absolute Gasteiger partial charge is 0.225 e. The molecule has 2 fully saturated rings. The minimum absolute atomic E-state index is 0. The third-order valence-corrected chi connectivity index (χ3v) is 6.64. The van der Waals surface area contributed by atoms with Crippen molar-refractivity contribution in [3.63, 3.8) is 0 Å². The lowest BCUT2D eigenvalue weighted by atomic mass is 9.68. The van der Waals surface area contributed by atoms with Crippen molar-refractivity contribution in [1.29, 1.82) is 0 Å². The van der Waals surface area contributed by atoms with Gasteiger partial charge < -0.3 is 10.6 Å². The molecule has 29 heavy (non-hydrogen) atoms. The fourth-order valence-electron chi connectivity index (χ4n) is 4.69. The van der Waals surface area contributed by atoms with Crippen LogP contribution in [0, 0.1) is 0 Å². The second kappa shape index (κ2) is 10.8. The Kier molecular flexibility index (Phi) is 8.98. The Morgan fingerprint density at radius 3 is 2.24 bits per heavy atom. The number of nitrogens with zero attached hydrogens (tertiary/aromatic N) is 4. The van der Waals surface area contributed by atoms with Crippen LogP contribution in [0.25, 0.3) is 0 Å². The maximum absolute atomic E-state index is 6.25. The Hall–Kier alpha value is -1.11. The molecule has 1 aromatic carbocycles. The summed E-state index contributed by atoms with van der Waals surface area (Å²) in [5.41, 5.74) is 7.64. The highest BCUT2D eigenvalue weighted by Crippen LogP contribution is 2.41. The molecule has 4 rings (SSSR count). The molecule has 0 spiro atoms. The maximum Gasteiger partial charge on any atom is 0.225 e. The molecule has 0 bridgehead atoms. The van der Waals surface area contributed by atoms with Crippen LogP contribution >= 0.6 is 36.4 Å². The van der Waals surface area contributed by atoms with Gasteiger partial charge in [0, 0.05) is 61.6 Å². The molecule has 2 aromatic rings. The molecule has 8 heteroatoms. The summed E-state index contributed by atoms with van der Waals surface area (Å²) in [6.45, 7) is 4.85. The Morgan fingerprint density at radius 1 is 1.00 bits per heavy atom. The van der Waals surface area contributed by atoms with E-state index in [1.54, 1.807) is 0 Å². The van der Waals surface area contributed by atoms with Gasteiger partial charge in [0.25, 0.3) is 0 Å². The highest BCUT2D eigenvalue weighted by atomic mass is 35.5. The van der Waals surface area contributed by atoms with Gasteiger partial charge in [-0.3, -0.25) is 4.90 Å². The predicted octanol–water partition coefficient (Wildman–Crippen LogP) is 3.93. The van der Waals surface area contributed by atoms with Gasteiger partial charge in [-0.05, 0) is 49.4 Å². The first kappa shape index (κ1) is 24.2. The van der Waals surface area contributed by atoms with Gasteiger partial charge in [0.15, 0.2) is 0 Å². The summed E-state index contributed by atoms with van der Waals surface area (Å²) in [5, 5.41) is 0.807. The van der Waals surface area contributed by atoms with Crippen LogP contribution in [-0.4, -0.2) is 53.6 Å². The minimum Gasteiger partial charge on any atom is -0.338 e. The van der Waals surface area contributed by atoms with Crippen LogP contribution in [0.4, 0.5) is 5.95 Å². The van der Waals surface area contributed by atoms with Crippen molar-refractivity contribution >= 4 is 42.4 Å². The van der Waals surface area contributed by atoms with Crippen LogP contribution in [0.1, 0.15) is 31.2 Å². The Morgan fingerprint density at radius 2 is 1.66 bits per heavy atom. The summed E-state index contributed by atoms with van der Waals surface area (Å²) >= 11 is 6.23. The topological polar surface area (TPSA) is 58.3 Å². The molecule has 2 N–H and O–H groups in total.